The Labute approximate surface area is 140 Å². The Bertz CT molecular complexity index is 858. The van der Waals surface area contributed by atoms with E-state index in [0.29, 0.717) is 44.2 Å². The van der Waals surface area contributed by atoms with Crippen molar-refractivity contribution in [1.29, 1.82) is 0 Å². The van der Waals surface area contributed by atoms with Crippen molar-refractivity contribution in [2.24, 2.45) is 0 Å². The minimum absolute atomic E-state index is 0.214. The zero-order chi connectivity index (χ0) is 17.2. The predicted octanol–water partition coefficient (Wildman–Crippen LogP) is -0.0909. The molecule has 1 aliphatic rings. The number of pyridine rings is 1. The van der Waals surface area contributed by atoms with Gasteiger partial charge in [0.15, 0.2) is 0 Å². The first-order valence-corrected chi connectivity index (χ1v) is 9.45. The van der Waals surface area contributed by atoms with Crippen molar-refractivity contribution in [3.63, 3.8) is 0 Å². The van der Waals surface area contributed by atoms with Crippen molar-refractivity contribution in [3.05, 3.63) is 46.6 Å². The summed E-state index contributed by atoms with van der Waals surface area (Å²) in [6.07, 6.45) is 4.53. The molecule has 0 aliphatic carbocycles. The first-order chi connectivity index (χ1) is 11.4. The summed E-state index contributed by atoms with van der Waals surface area (Å²) >= 11 is 0. The van der Waals surface area contributed by atoms with E-state index in [0.717, 1.165) is 5.56 Å². The Morgan fingerprint density at radius 2 is 2.00 bits per heavy atom. The summed E-state index contributed by atoms with van der Waals surface area (Å²) in [4.78, 5) is 25.2. The topological polar surface area (TPSA) is 99.3 Å². The molecule has 8 nitrogen and oxygen atoms in total. The third-order valence-corrected chi connectivity index (χ3v) is 5.22. The number of H-pyrrole nitrogens is 1. The minimum atomic E-state index is -3.14. The van der Waals surface area contributed by atoms with Crippen molar-refractivity contribution in [2.75, 3.05) is 32.4 Å². The number of hydrogen-bond donors (Lipinski definition) is 1. The molecule has 1 fully saturated rings. The number of hydrogen-bond acceptors (Lipinski definition) is 6. The molecule has 0 aromatic carbocycles. The van der Waals surface area contributed by atoms with E-state index in [-0.39, 0.29) is 5.56 Å². The molecule has 1 N–H and O–H groups in total. The van der Waals surface area contributed by atoms with Gasteiger partial charge in [-0.15, -0.1) is 0 Å². The van der Waals surface area contributed by atoms with Crippen LogP contribution in [0.5, 0.6) is 0 Å². The molecule has 0 saturated carbocycles. The quantitative estimate of drug-likeness (QED) is 0.828. The highest BCUT2D eigenvalue weighted by atomic mass is 32.2. The summed E-state index contributed by atoms with van der Waals surface area (Å²) in [5, 5.41) is 0. The van der Waals surface area contributed by atoms with Crippen LogP contribution in [0.1, 0.15) is 5.69 Å². The van der Waals surface area contributed by atoms with Crippen molar-refractivity contribution in [1.82, 2.24) is 24.2 Å². The molecule has 0 spiro atoms. The van der Waals surface area contributed by atoms with Gasteiger partial charge >= 0.3 is 0 Å². The Morgan fingerprint density at radius 3 is 2.62 bits per heavy atom. The van der Waals surface area contributed by atoms with Crippen LogP contribution >= 0.6 is 0 Å². The Balaban J connectivity index is 1.73. The maximum atomic E-state index is 11.9. The molecule has 2 aromatic rings. The molecule has 3 heterocycles. The number of aromatic nitrogens is 3. The molecule has 1 saturated heterocycles. The van der Waals surface area contributed by atoms with Gasteiger partial charge in [0, 0.05) is 56.7 Å². The van der Waals surface area contributed by atoms with Gasteiger partial charge in [-0.3, -0.25) is 14.7 Å². The highest BCUT2D eigenvalue weighted by Crippen LogP contribution is 2.13. The van der Waals surface area contributed by atoms with Crippen LogP contribution in [0.4, 0.5) is 0 Å². The second kappa shape index (κ2) is 6.80. The fourth-order valence-corrected chi connectivity index (χ4v) is 3.50. The van der Waals surface area contributed by atoms with Crippen molar-refractivity contribution < 1.29 is 8.42 Å². The van der Waals surface area contributed by atoms with Gasteiger partial charge in [-0.25, -0.2) is 13.4 Å². The summed E-state index contributed by atoms with van der Waals surface area (Å²) in [6, 6.07) is 5.09. The van der Waals surface area contributed by atoms with Crippen LogP contribution in [0.25, 0.3) is 11.4 Å². The lowest BCUT2D eigenvalue weighted by Crippen LogP contribution is -2.48. The van der Waals surface area contributed by atoms with E-state index in [2.05, 4.69) is 19.9 Å². The third-order valence-electron chi connectivity index (χ3n) is 3.92. The van der Waals surface area contributed by atoms with E-state index in [1.807, 2.05) is 6.07 Å². The lowest BCUT2D eigenvalue weighted by Gasteiger charge is -2.32. The molecule has 3 rings (SSSR count). The second-order valence-corrected chi connectivity index (χ2v) is 7.75. The molecule has 0 radical (unpaired) electrons. The van der Waals surface area contributed by atoms with E-state index in [1.54, 1.807) is 18.5 Å². The number of piperazine rings is 1. The standard InChI is InChI=1S/C15H19N5O3S/c1-24(22,23)20-7-5-19(6-8-20)11-13-9-14(21)18-15(17-13)12-3-2-4-16-10-12/h2-4,9-10H,5-8,11H2,1H3,(H,17,18,21). The maximum Gasteiger partial charge on any atom is 0.251 e. The average molecular weight is 349 g/mol. The molecule has 0 amide bonds. The minimum Gasteiger partial charge on any atom is -0.306 e. The highest BCUT2D eigenvalue weighted by Gasteiger charge is 2.23. The molecule has 0 bridgehead atoms. The maximum absolute atomic E-state index is 11.9. The average Bonchev–Trinajstić information content (AvgIpc) is 2.55. The van der Waals surface area contributed by atoms with Gasteiger partial charge in [-0.1, -0.05) is 0 Å². The summed E-state index contributed by atoms with van der Waals surface area (Å²) in [5.41, 5.74) is 1.19. The molecule has 128 valence electrons. The van der Waals surface area contributed by atoms with Crippen molar-refractivity contribution in [2.45, 2.75) is 6.54 Å². The Kier molecular flexibility index (Phi) is 4.74. The Morgan fingerprint density at radius 1 is 1.25 bits per heavy atom. The molecule has 9 heteroatoms. The predicted molar refractivity (Wildman–Crippen MR) is 89.8 cm³/mol. The number of sulfonamides is 1. The van der Waals surface area contributed by atoms with E-state index in [9.17, 15) is 13.2 Å². The van der Waals surface area contributed by atoms with E-state index in [1.165, 1.54) is 16.6 Å². The SMILES string of the molecule is CS(=O)(=O)N1CCN(Cc2cc(=O)[nH]c(-c3cccnc3)n2)CC1. The normalized spacial score (nSPS) is 17.0. The first kappa shape index (κ1) is 16.7. The largest absolute Gasteiger partial charge is 0.306 e. The molecular formula is C15H19N5O3S. The molecule has 1 aliphatic heterocycles. The van der Waals surface area contributed by atoms with Gasteiger partial charge in [0.2, 0.25) is 10.0 Å². The van der Waals surface area contributed by atoms with Crippen molar-refractivity contribution in [3.8, 4) is 11.4 Å². The molecular weight excluding hydrogens is 330 g/mol. The van der Waals surface area contributed by atoms with Crippen LogP contribution in [0.2, 0.25) is 0 Å². The van der Waals surface area contributed by atoms with Gasteiger partial charge < -0.3 is 4.98 Å². The van der Waals surface area contributed by atoms with Gasteiger partial charge in [0.05, 0.1) is 11.9 Å². The molecule has 2 aromatic heterocycles. The van der Waals surface area contributed by atoms with Crippen LogP contribution in [0.3, 0.4) is 0 Å². The van der Waals surface area contributed by atoms with E-state index < -0.39 is 10.0 Å². The summed E-state index contributed by atoms with van der Waals surface area (Å²) in [5.74, 6) is 0.486. The number of aromatic amines is 1. The first-order valence-electron chi connectivity index (χ1n) is 7.60. The molecule has 24 heavy (non-hydrogen) atoms. The number of rotatable bonds is 4. The Hall–Kier alpha value is -2.10. The monoisotopic (exact) mass is 349 g/mol. The van der Waals surface area contributed by atoms with E-state index >= 15 is 0 Å². The lowest BCUT2D eigenvalue weighted by atomic mass is 10.2. The smallest absolute Gasteiger partial charge is 0.251 e. The van der Waals surface area contributed by atoms with Crippen LogP contribution in [0.15, 0.2) is 35.4 Å². The van der Waals surface area contributed by atoms with Gasteiger partial charge in [-0.05, 0) is 12.1 Å². The molecule has 0 atom stereocenters. The number of nitrogens with one attached hydrogen (secondary N) is 1. The van der Waals surface area contributed by atoms with Crippen LogP contribution < -0.4 is 5.56 Å². The highest BCUT2D eigenvalue weighted by molar-refractivity contribution is 7.88. The van der Waals surface area contributed by atoms with Gasteiger partial charge in [-0.2, -0.15) is 4.31 Å². The second-order valence-electron chi connectivity index (χ2n) is 5.77. The molecule has 0 unspecified atom stereocenters. The van der Waals surface area contributed by atoms with E-state index in [4.69, 9.17) is 0 Å². The summed E-state index contributed by atoms with van der Waals surface area (Å²) in [6.45, 7) is 2.65. The van der Waals surface area contributed by atoms with Crippen LogP contribution in [-0.2, 0) is 16.6 Å². The number of nitrogens with zero attached hydrogens (tertiary/aromatic N) is 4. The zero-order valence-electron chi connectivity index (χ0n) is 13.3. The van der Waals surface area contributed by atoms with Gasteiger partial charge in [0.25, 0.3) is 5.56 Å². The van der Waals surface area contributed by atoms with Gasteiger partial charge in [0.1, 0.15) is 5.82 Å². The van der Waals surface area contributed by atoms with Crippen LogP contribution in [-0.4, -0.2) is 65.0 Å². The fraction of sp³-hybridized carbons (Fsp3) is 0.400. The van der Waals surface area contributed by atoms with Crippen molar-refractivity contribution >= 4 is 10.0 Å². The lowest BCUT2D eigenvalue weighted by molar-refractivity contribution is 0.180. The summed E-state index contributed by atoms with van der Waals surface area (Å²) < 4.78 is 24.6. The third kappa shape index (κ3) is 4.05. The zero-order valence-corrected chi connectivity index (χ0v) is 14.2. The fourth-order valence-electron chi connectivity index (χ4n) is 2.68. The summed E-state index contributed by atoms with van der Waals surface area (Å²) in [7, 11) is -3.14. The van der Waals surface area contributed by atoms with Crippen LogP contribution in [0, 0.1) is 0 Å².